The maximum absolute atomic E-state index is 11.9. The molecule has 0 aromatic carbocycles. The van der Waals surface area contributed by atoms with Crippen molar-refractivity contribution in [2.24, 2.45) is 5.92 Å². The second-order valence-corrected chi connectivity index (χ2v) is 6.26. The number of aromatic nitrogens is 2. The zero-order valence-electron chi connectivity index (χ0n) is 14.1. The highest BCUT2D eigenvalue weighted by molar-refractivity contribution is 5.74. The molecule has 0 N–H and O–H groups in total. The second-order valence-electron chi connectivity index (χ2n) is 6.26. The van der Waals surface area contributed by atoms with E-state index in [1.165, 1.54) is 0 Å². The third-order valence-electron chi connectivity index (χ3n) is 3.68. The van der Waals surface area contributed by atoms with Crippen LogP contribution in [0.15, 0.2) is 4.52 Å². The highest BCUT2D eigenvalue weighted by Gasteiger charge is 2.21. The van der Waals surface area contributed by atoms with Gasteiger partial charge in [-0.3, -0.25) is 0 Å². The number of esters is 1. The van der Waals surface area contributed by atoms with Gasteiger partial charge in [0.1, 0.15) is 0 Å². The van der Waals surface area contributed by atoms with Crippen molar-refractivity contribution in [1.29, 1.82) is 0 Å². The lowest BCUT2D eigenvalue weighted by atomic mass is 10.1. The molecule has 2 heterocycles. The van der Waals surface area contributed by atoms with Crippen molar-refractivity contribution in [3.8, 4) is 0 Å². The van der Waals surface area contributed by atoms with E-state index in [-0.39, 0.29) is 12.7 Å². The molecule has 0 amide bonds. The molecule has 1 aromatic rings. The Morgan fingerprint density at radius 1 is 1.39 bits per heavy atom. The Morgan fingerprint density at radius 2 is 2.22 bits per heavy atom. The Labute approximate surface area is 136 Å². The molecule has 7 heteroatoms. The van der Waals surface area contributed by atoms with Gasteiger partial charge >= 0.3 is 5.97 Å². The van der Waals surface area contributed by atoms with E-state index in [0.717, 1.165) is 32.3 Å². The van der Waals surface area contributed by atoms with E-state index in [9.17, 15) is 4.79 Å². The standard InChI is InChI=1S/C16H26N2O5/c1-11(2)6-7-14-17-15(23-18-14)10-22-16(19)12(3)21-9-13-5-4-8-20-13/h11-13H,4-10H2,1-3H3. The summed E-state index contributed by atoms with van der Waals surface area (Å²) in [7, 11) is 0. The number of carbonyl (C=O) groups is 1. The van der Waals surface area contributed by atoms with Crippen molar-refractivity contribution < 1.29 is 23.5 Å². The number of carbonyl (C=O) groups excluding carboxylic acids is 1. The van der Waals surface area contributed by atoms with E-state index in [2.05, 4.69) is 24.0 Å². The molecular formula is C16H26N2O5. The summed E-state index contributed by atoms with van der Waals surface area (Å²) in [5.41, 5.74) is 0. The molecule has 0 bridgehead atoms. The molecule has 23 heavy (non-hydrogen) atoms. The second kappa shape index (κ2) is 8.98. The molecule has 0 aliphatic carbocycles. The van der Waals surface area contributed by atoms with Crippen LogP contribution in [0.5, 0.6) is 0 Å². The minimum Gasteiger partial charge on any atom is -0.454 e. The largest absolute Gasteiger partial charge is 0.454 e. The van der Waals surface area contributed by atoms with Gasteiger partial charge in [-0.1, -0.05) is 19.0 Å². The van der Waals surface area contributed by atoms with Gasteiger partial charge in [-0.2, -0.15) is 4.98 Å². The SMILES string of the molecule is CC(C)CCc1noc(COC(=O)C(C)OCC2CCCO2)n1. The fourth-order valence-electron chi connectivity index (χ4n) is 2.21. The van der Waals surface area contributed by atoms with Crippen LogP contribution >= 0.6 is 0 Å². The average molecular weight is 326 g/mol. The summed E-state index contributed by atoms with van der Waals surface area (Å²) in [6.07, 6.45) is 3.22. The van der Waals surface area contributed by atoms with Gasteiger partial charge < -0.3 is 18.7 Å². The van der Waals surface area contributed by atoms with Crippen molar-refractivity contribution in [3.63, 3.8) is 0 Å². The lowest BCUT2D eigenvalue weighted by Gasteiger charge is -2.14. The van der Waals surface area contributed by atoms with Gasteiger partial charge in [0.25, 0.3) is 5.89 Å². The fourth-order valence-corrected chi connectivity index (χ4v) is 2.21. The summed E-state index contributed by atoms with van der Waals surface area (Å²) < 4.78 is 21.1. The molecule has 0 spiro atoms. The topological polar surface area (TPSA) is 83.7 Å². The summed E-state index contributed by atoms with van der Waals surface area (Å²) in [6, 6.07) is 0. The summed E-state index contributed by atoms with van der Waals surface area (Å²) >= 11 is 0. The predicted molar refractivity (Wildman–Crippen MR) is 81.6 cm³/mol. The van der Waals surface area contributed by atoms with Gasteiger partial charge in [-0.25, -0.2) is 4.79 Å². The first kappa shape index (κ1) is 17.9. The maximum atomic E-state index is 11.9. The number of hydrogen-bond donors (Lipinski definition) is 0. The van der Waals surface area contributed by atoms with E-state index in [0.29, 0.717) is 24.2 Å². The van der Waals surface area contributed by atoms with Crippen molar-refractivity contribution >= 4 is 5.97 Å². The molecule has 2 atom stereocenters. The lowest BCUT2D eigenvalue weighted by Crippen LogP contribution is -2.27. The van der Waals surface area contributed by atoms with E-state index in [1.54, 1.807) is 6.92 Å². The smallest absolute Gasteiger partial charge is 0.335 e. The van der Waals surface area contributed by atoms with Crippen LogP contribution in [0.1, 0.15) is 51.7 Å². The number of ether oxygens (including phenoxy) is 3. The molecule has 1 fully saturated rings. The predicted octanol–water partition coefficient (Wildman–Crippen LogP) is 2.29. The van der Waals surface area contributed by atoms with Crippen LogP contribution in [0.25, 0.3) is 0 Å². The van der Waals surface area contributed by atoms with Crippen LogP contribution in [-0.4, -0.2) is 41.5 Å². The van der Waals surface area contributed by atoms with Crippen LogP contribution < -0.4 is 0 Å². The van der Waals surface area contributed by atoms with Crippen molar-refractivity contribution in [3.05, 3.63) is 11.7 Å². The Kier molecular flexibility index (Phi) is 6.98. The first-order chi connectivity index (χ1) is 11.0. The van der Waals surface area contributed by atoms with Gasteiger partial charge in [-0.05, 0) is 32.1 Å². The Morgan fingerprint density at radius 3 is 2.91 bits per heavy atom. The highest BCUT2D eigenvalue weighted by atomic mass is 16.6. The number of hydrogen-bond acceptors (Lipinski definition) is 7. The zero-order valence-corrected chi connectivity index (χ0v) is 14.1. The minimum absolute atomic E-state index is 0.0266. The molecule has 2 rings (SSSR count). The van der Waals surface area contributed by atoms with Crippen molar-refractivity contribution in [2.75, 3.05) is 13.2 Å². The Balaban J connectivity index is 1.66. The monoisotopic (exact) mass is 326 g/mol. The third kappa shape index (κ3) is 6.27. The van der Waals surface area contributed by atoms with E-state index >= 15 is 0 Å². The lowest BCUT2D eigenvalue weighted by molar-refractivity contribution is -0.160. The first-order valence-corrected chi connectivity index (χ1v) is 8.26. The Bertz CT molecular complexity index is 483. The zero-order chi connectivity index (χ0) is 16.7. The molecule has 1 aliphatic heterocycles. The molecule has 1 aliphatic rings. The fraction of sp³-hybridized carbons (Fsp3) is 0.812. The summed E-state index contributed by atoms with van der Waals surface area (Å²) in [5, 5.41) is 3.87. The molecule has 2 unspecified atom stereocenters. The molecule has 130 valence electrons. The van der Waals surface area contributed by atoms with Crippen LogP contribution in [0, 0.1) is 5.92 Å². The van der Waals surface area contributed by atoms with Gasteiger partial charge in [0, 0.05) is 13.0 Å². The summed E-state index contributed by atoms with van der Waals surface area (Å²) in [5.74, 6) is 1.09. The van der Waals surface area contributed by atoms with Crippen LogP contribution in [0.3, 0.4) is 0 Å². The first-order valence-electron chi connectivity index (χ1n) is 8.26. The molecule has 7 nitrogen and oxygen atoms in total. The van der Waals surface area contributed by atoms with Crippen molar-refractivity contribution in [2.45, 2.75) is 65.3 Å². The molecule has 1 saturated heterocycles. The molecule has 0 radical (unpaired) electrons. The van der Waals surface area contributed by atoms with Crippen LogP contribution in [0.4, 0.5) is 0 Å². The summed E-state index contributed by atoms with van der Waals surface area (Å²) in [4.78, 5) is 16.1. The minimum atomic E-state index is -0.637. The molecule has 0 saturated carbocycles. The Hall–Kier alpha value is -1.47. The molecular weight excluding hydrogens is 300 g/mol. The van der Waals surface area contributed by atoms with Gasteiger partial charge in [0.2, 0.25) is 0 Å². The van der Waals surface area contributed by atoms with Gasteiger partial charge in [-0.15, -0.1) is 0 Å². The third-order valence-corrected chi connectivity index (χ3v) is 3.68. The van der Waals surface area contributed by atoms with Crippen LogP contribution in [-0.2, 0) is 32.0 Å². The van der Waals surface area contributed by atoms with E-state index in [1.807, 2.05) is 0 Å². The van der Waals surface area contributed by atoms with Gasteiger partial charge in [0.05, 0.1) is 12.7 Å². The average Bonchev–Trinajstić information content (AvgIpc) is 3.19. The van der Waals surface area contributed by atoms with Crippen LogP contribution in [0.2, 0.25) is 0 Å². The summed E-state index contributed by atoms with van der Waals surface area (Å²) in [6.45, 7) is 7.10. The maximum Gasteiger partial charge on any atom is 0.335 e. The highest BCUT2D eigenvalue weighted by Crippen LogP contribution is 2.13. The number of aryl methyl sites for hydroxylation is 1. The number of rotatable bonds is 9. The van der Waals surface area contributed by atoms with E-state index in [4.69, 9.17) is 18.7 Å². The number of nitrogens with zero attached hydrogens (tertiary/aromatic N) is 2. The quantitative estimate of drug-likeness (QED) is 0.644. The normalized spacial score (nSPS) is 19.2. The molecule has 1 aromatic heterocycles. The van der Waals surface area contributed by atoms with Gasteiger partial charge in [0.15, 0.2) is 18.5 Å². The van der Waals surface area contributed by atoms with E-state index < -0.39 is 12.1 Å². The van der Waals surface area contributed by atoms with Crippen molar-refractivity contribution in [1.82, 2.24) is 10.1 Å².